The third kappa shape index (κ3) is 22.9. The first kappa shape index (κ1) is 44.4. The molecule has 1 fully saturated rings. The van der Waals surface area contributed by atoms with Gasteiger partial charge in [0, 0.05) is 25.2 Å². The monoisotopic (exact) mass is 704 g/mol. The van der Waals surface area contributed by atoms with Crippen LogP contribution >= 0.6 is 7.82 Å². The molecule has 0 radical (unpaired) electrons. The first-order valence-electron chi connectivity index (χ1n) is 18.6. The fraction of sp³-hybridized carbons (Fsp3) is 0.861. The van der Waals surface area contributed by atoms with E-state index < -0.39 is 50.6 Å². The second-order valence-electron chi connectivity index (χ2n) is 13.3. The summed E-state index contributed by atoms with van der Waals surface area (Å²) in [5, 5.41) is 20.6. The summed E-state index contributed by atoms with van der Waals surface area (Å²) in [7, 11) is -4.81. The number of rotatable bonds is 30. The van der Waals surface area contributed by atoms with E-state index in [2.05, 4.69) is 18.4 Å². The molecule has 0 unspecified atom stereocenters. The molecule has 12 heteroatoms. The number of carbonyl (C=O) groups excluding carboxylic acids is 3. The van der Waals surface area contributed by atoms with E-state index in [0.29, 0.717) is 32.1 Å². The van der Waals surface area contributed by atoms with Crippen molar-refractivity contribution < 1.29 is 52.9 Å². The van der Waals surface area contributed by atoms with Gasteiger partial charge < -0.3 is 29.5 Å². The number of ketones is 1. The van der Waals surface area contributed by atoms with Gasteiger partial charge in [-0.05, 0) is 31.6 Å². The standard InChI is InChI=1S/C36H65O11P/c1-3-5-7-8-9-10-11-12-13-18-22-35(40)45-27-30(28-46-48(42,43)44)47-36(41)23-19-15-14-17-21-31-32(34(39)26-33(31)38)25-24-29(37)20-16-6-4-2/h24-25,29-33,37-38H,3-23,26-28H2,1-2H3,(H2,42,43,44)/b25-24+/t29-,30+,31+,32+,33-/m0/s1. The molecule has 11 nitrogen and oxygen atoms in total. The maximum atomic E-state index is 12.5. The number of carbonyl (C=O) groups is 3. The molecule has 0 spiro atoms. The van der Waals surface area contributed by atoms with Gasteiger partial charge in [-0.25, -0.2) is 4.57 Å². The van der Waals surface area contributed by atoms with Gasteiger partial charge in [0.15, 0.2) is 6.10 Å². The number of esters is 2. The summed E-state index contributed by atoms with van der Waals surface area (Å²) in [6.07, 6.45) is 19.9. The lowest BCUT2D eigenvalue weighted by molar-refractivity contribution is -0.161. The second-order valence-corrected chi connectivity index (χ2v) is 14.6. The van der Waals surface area contributed by atoms with Gasteiger partial charge in [-0.3, -0.25) is 18.9 Å². The molecule has 0 aliphatic heterocycles. The quantitative estimate of drug-likeness (QED) is 0.0256. The molecule has 0 amide bonds. The fourth-order valence-electron chi connectivity index (χ4n) is 6.10. The van der Waals surface area contributed by atoms with Crippen molar-refractivity contribution in [3.63, 3.8) is 0 Å². The number of Topliss-reactive ketones (excluding diaryl/α,β-unsaturated/α-hetero) is 1. The molecule has 0 bridgehead atoms. The predicted octanol–water partition coefficient (Wildman–Crippen LogP) is 7.27. The van der Waals surface area contributed by atoms with E-state index in [9.17, 15) is 29.2 Å². The van der Waals surface area contributed by atoms with Crippen molar-refractivity contribution in [1.29, 1.82) is 0 Å². The van der Waals surface area contributed by atoms with Crippen LogP contribution in [0.25, 0.3) is 0 Å². The van der Waals surface area contributed by atoms with Gasteiger partial charge >= 0.3 is 19.8 Å². The maximum absolute atomic E-state index is 12.5. The molecular formula is C36H65O11P. The van der Waals surface area contributed by atoms with Crippen molar-refractivity contribution in [3.8, 4) is 0 Å². The maximum Gasteiger partial charge on any atom is 0.469 e. The molecule has 0 heterocycles. The Morgan fingerprint density at radius 2 is 1.35 bits per heavy atom. The summed E-state index contributed by atoms with van der Waals surface area (Å²) >= 11 is 0. The molecule has 0 aromatic rings. The summed E-state index contributed by atoms with van der Waals surface area (Å²) in [5.74, 6) is -1.63. The van der Waals surface area contributed by atoms with E-state index in [1.54, 1.807) is 12.2 Å². The molecule has 0 saturated heterocycles. The lowest BCUT2D eigenvalue weighted by atomic mass is 9.88. The first-order chi connectivity index (χ1) is 23.0. The Morgan fingerprint density at radius 3 is 1.96 bits per heavy atom. The average molecular weight is 705 g/mol. The minimum atomic E-state index is -4.81. The van der Waals surface area contributed by atoms with Crippen LogP contribution in [0.5, 0.6) is 0 Å². The van der Waals surface area contributed by atoms with Crippen molar-refractivity contribution in [3.05, 3.63) is 12.2 Å². The van der Waals surface area contributed by atoms with Gasteiger partial charge in [0.05, 0.1) is 18.8 Å². The highest BCUT2D eigenvalue weighted by Gasteiger charge is 2.39. The summed E-state index contributed by atoms with van der Waals surface area (Å²) in [5.41, 5.74) is 0. The minimum absolute atomic E-state index is 0.00554. The highest BCUT2D eigenvalue weighted by atomic mass is 31.2. The van der Waals surface area contributed by atoms with E-state index >= 15 is 0 Å². The molecule has 5 atom stereocenters. The van der Waals surface area contributed by atoms with Crippen LogP contribution in [0, 0.1) is 11.8 Å². The number of allylic oxidation sites excluding steroid dienone is 1. The van der Waals surface area contributed by atoms with Crippen molar-refractivity contribution >= 4 is 25.5 Å². The lowest BCUT2D eigenvalue weighted by Gasteiger charge is -2.19. The summed E-state index contributed by atoms with van der Waals surface area (Å²) < 4.78 is 26.2. The highest BCUT2D eigenvalue weighted by molar-refractivity contribution is 7.46. The van der Waals surface area contributed by atoms with Crippen LogP contribution in [-0.4, -0.2) is 69.2 Å². The molecule has 1 saturated carbocycles. The first-order valence-corrected chi connectivity index (χ1v) is 20.1. The van der Waals surface area contributed by atoms with Gasteiger partial charge in [0.2, 0.25) is 0 Å². The topological polar surface area (TPSA) is 177 Å². The van der Waals surface area contributed by atoms with Gasteiger partial charge in [-0.2, -0.15) is 0 Å². The van der Waals surface area contributed by atoms with Gasteiger partial charge in [0.1, 0.15) is 12.4 Å². The number of aliphatic hydroxyl groups excluding tert-OH is 2. The van der Waals surface area contributed by atoms with Crippen LogP contribution in [0.4, 0.5) is 0 Å². The normalized spacial score (nSPS) is 19.5. The third-order valence-corrected chi connectivity index (χ3v) is 9.43. The Morgan fingerprint density at radius 1 is 0.812 bits per heavy atom. The van der Waals surface area contributed by atoms with E-state index in [-0.39, 0.29) is 37.6 Å². The van der Waals surface area contributed by atoms with Crippen molar-refractivity contribution in [2.24, 2.45) is 11.8 Å². The number of phosphoric acid groups is 1. The summed E-state index contributed by atoms with van der Waals surface area (Å²) in [6.45, 7) is 3.35. The summed E-state index contributed by atoms with van der Waals surface area (Å²) in [6, 6.07) is 0. The third-order valence-electron chi connectivity index (χ3n) is 8.94. The van der Waals surface area contributed by atoms with Crippen LogP contribution in [-0.2, 0) is 32.9 Å². The zero-order valence-corrected chi connectivity index (χ0v) is 30.5. The highest BCUT2D eigenvalue weighted by Crippen LogP contribution is 2.36. The number of hydrogen-bond acceptors (Lipinski definition) is 9. The smallest absolute Gasteiger partial charge is 0.462 e. The second kappa shape index (κ2) is 27.1. The Bertz CT molecular complexity index is 950. The number of phosphoric ester groups is 1. The Hall–Kier alpha value is -1.62. The number of hydrogen-bond donors (Lipinski definition) is 4. The molecule has 4 N–H and O–H groups in total. The number of ether oxygens (including phenoxy) is 2. The molecule has 0 aromatic heterocycles. The molecule has 0 aromatic carbocycles. The molecule has 48 heavy (non-hydrogen) atoms. The largest absolute Gasteiger partial charge is 0.469 e. The van der Waals surface area contributed by atoms with E-state index in [4.69, 9.17) is 19.3 Å². The molecule has 1 aliphatic rings. The minimum Gasteiger partial charge on any atom is -0.462 e. The Balaban J connectivity index is 2.34. The average Bonchev–Trinajstić information content (AvgIpc) is 3.30. The van der Waals surface area contributed by atoms with Crippen LogP contribution in [0.15, 0.2) is 12.2 Å². The van der Waals surface area contributed by atoms with E-state index in [1.165, 1.54) is 38.5 Å². The van der Waals surface area contributed by atoms with Crippen LogP contribution in [0.1, 0.15) is 155 Å². The van der Waals surface area contributed by atoms with Crippen molar-refractivity contribution in [2.75, 3.05) is 13.2 Å². The molecular weight excluding hydrogens is 639 g/mol. The zero-order valence-electron chi connectivity index (χ0n) is 29.6. The van der Waals surface area contributed by atoms with Gasteiger partial charge in [-0.15, -0.1) is 0 Å². The lowest BCUT2D eigenvalue weighted by Crippen LogP contribution is -2.29. The Labute approximate surface area is 288 Å². The Kier molecular flexibility index (Phi) is 25.1. The molecule has 1 aliphatic carbocycles. The number of unbranched alkanes of at least 4 members (excludes halogenated alkanes) is 14. The van der Waals surface area contributed by atoms with Crippen LogP contribution < -0.4 is 0 Å². The van der Waals surface area contributed by atoms with Gasteiger partial charge in [0.25, 0.3) is 0 Å². The van der Waals surface area contributed by atoms with E-state index in [1.807, 2.05) is 0 Å². The fourth-order valence-corrected chi connectivity index (χ4v) is 6.46. The van der Waals surface area contributed by atoms with Crippen molar-refractivity contribution in [2.45, 2.75) is 173 Å². The number of aliphatic hydroxyl groups is 2. The van der Waals surface area contributed by atoms with Gasteiger partial charge in [-0.1, -0.05) is 122 Å². The van der Waals surface area contributed by atoms with Crippen LogP contribution in [0.2, 0.25) is 0 Å². The zero-order chi connectivity index (χ0) is 35.6. The summed E-state index contributed by atoms with van der Waals surface area (Å²) in [4.78, 5) is 55.3. The molecule has 280 valence electrons. The molecule has 1 rings (SSSR count). The van der Waals surface area contributed by atoms with E-state index in [0.717, 1.165) is 51.4 Å². The van der Waals surface area contributed by atoms with Crippen LogP contribution in [0.3, 0.4) is 0 Å². The predicted molar refractivity (Wildman–Crippen MR) is 185 cm³/mol. The van der Waals surface area contributed by atoms with Crippen molar-refractivity contribution in [1.82, 2.24) is 0 Å². The SMILES string of the molecule is CCCCCCCCCCCCC(=O)OC[C@H](COP(=O)(O)O)OC(=O)CCCCCC[C@H]1[C@@H](O)CC(=O)[C@@H]1/C=C/[C@@H](O)CCCCC.